The SMILES string of the molecule is CC/C=C\C/C=C\C/C=C\C/C=C\C/C=C\C/C=C\CCCCCCCCCCCCCCC(=O)OCC(COP(=O)(O)OCC(O)COP(=O)(O)OCC(O)COC(=O)CCCCCCCCCCCCCCCCCCCCC/C=C\C/C=C\C/C=C\C/C=C\C/C=C\CC)OC(=O)CCCCCCC/C=C\C/C=C\CCC. The number of unbranched alkanes of at least 4 members (excludes halogenated alkanes) is 37. The average molecular weight is 1650 g/mol. The standard InChI is InChI=1S/C97H166O16P2/c1-4-7-10-13-16-19-22-25-27-29-31-33-35-37-39-41-43-44-45-46-48-50-51-53-55-57-59-61-63-66-68-71-74-77-80-83-95(100)107-86-92(98)87-109-114(103,104)110-88-93(99)89-111-115(105,106)112-91-94(113-97(102)85-82-79-76-73-70-65-24-21-18-15-12-9-6-3)90-108-96(101)84-81-78-75-72-69-67-64-62-60-58-56-54-52-49-47-42-40-38-36-34-32-30-28-26-23-20-17-14-11-8-5-2/h7-8,10-12,15-17,19-21,24-28,31-34,37-40,47,49,92-94,98-99H,4-6,9,13-14,18,22-23,29-30,35-36,41-46,48,50-91H2,1-3H3,(H,103,104)(H,105,106)/b10-7-,11-8-,15-12-,19-16-,20-17-,24-21-,27-25-,28-26-,33-31-,34-32-,39-37-,40-38-,49-47-. The van der Waals surface area contributed by atoms with Gasteiger partial charge in [0.2, 0.25) is 0 Å². The van der Waals surface area contributed by atoms with Gasteiger partial charge in [0.1, 0.15) is 25.4 Å². The second-order valence-electron chi connectivity index (χ2n) is 30.3. The Hall–Kier alpha value is -4.83. The zero-order chi connectivity index (χ0) is 83.6. The van der Waals surface area contributed by atoms with Crippen molar-refractivity contribution >= 4 is 33.6 Å². The quantitative estimate of drug-likeness (QED) is 0.0146. The number of carbonyl (C=O) groups is 3. The van der Waals surface area contributed by atoms with E-state index in [0.29, 0.717) is 19.3 Å². The van der Waals surface area contributed by atoms with Crippen LogP contribution in [-0.4, -0.2) is 95.9 Å². The predicted octanol–water partition coefficient (Wildman–Crippen LogP) is 28.1. The van der Waals surface area contributed by atoms with E-state index in [1.807, 2.05) is 0 Å². The molecule has 0 aliphatic rings. The fraction of sp³-hybridized carbons (Fsp3) is 0.701. The summed E-state index contributed by atoms with van der Waals surface area (Å²) in [6, 6.07) is 0. The fourth-order valence-electron chi connectivity index (χ4n) is 12.3. The molecule has 18 heteroatoms. The Morgan fingerprint density at radius 1 is 0.252 bits per heavy atom. The highest BCUT2D eigenvalue weighted by Gasteiger charge is 2.29. The lowest BCUT2D eigenvalue weighted by molar-refractivity contribution is -0.161. The van der Waals surface area contributed by atoms with Gasteiger partial charge in [-0.3, -0.25) is 32.5 Å². The molecule has 660 valence electrons. The van der Waals surface area contributed by atoms with Crippen molar-refractivity contribution in [2.24, 2.45) is 0 Å². The van der Waals surface area contributed by atoms with Crippen molar-refractivity contribution in [2.45, 2.75) is 399 Å². The molecule has 0 aromatic rings. The van der Waals surface area contributed by atoms with Crippen LogP contribution in [0, 0.1) is 0 Å². The molecule has 0 aliphatic heterocycles. The smallest absolute Gasteiger partial charge is 0.463 e. The summed E-state index contributed by atoms with van der Waals surface area (Å²) < 4.78 is 61.3. The molecule has 0 radical (unpaired) electrons. The van der Waals surface area contributed by atoms with Crippen molar-refractivity contribution in [1.29, 1.82) is 0 Å². The number of esters is 3. The van der Waals surface area contributed by atoms with Crippen molar-refractivity contribution < 1.29 is 75.8 Å². The van der Waals surface area contributed by atoms with Crippen molar-refractivity contribution in [3.05, 3.63) is 158 Å². The zero-order valence-corrected chi connectivity index (χ0v) is 74.5. The summed E-state index contributed by atoms with van der Waals surface area (Å²) in [7, 11) is -9.80. The molecule has 115 heavy (non-hydrogen) atoms. The molecule has 16 nitrogen and oxygen atoms in total. The fourth-order valence-corrected chi connectivity index (χ4v) is 13.9. The van der Waals surface area contributed by atoms with Crippen molar-refractivity contribution in [3.63, 3.8) is 0 Å². The number of aliphatic hydroxyl groups excluding tert-OH is 2. The first-order valence-corrected chi connectivity index (χ1v) is 48.8. The minimum absolute atomic E-state index is 0.0859. The Morgan fingerprint density at radius 2 is 0.461 bits per heavy atom. The summed E-state index contributed by atoms with van der Waals surface area (Å²) >= 11 is 0. The number of allylic oxidation sites excluding steroid dienone is 26. The molecule has 0 saturated heterocycles. The molecule has 0 bridgehead atoms. The number of phosphoric ester groups is 2. The van der Waals surface area contributed by atoms with Gasteiger partial charge >= 0.3 is 33.6 Å². The van der Waals surface area contributed by atoms with Crippen LogP contribution in [0.4, 0.5) is 0 Å². The minimum Gasteiger partial charge on any atom is -0.463 e. The van der Waals surface area contributed by atoms with E-state index in [1.165, 1.54) is 148 Å². The topological polar surface area (TPSA) is 231 Å². The van der Waals surface area contributed by atoms with Gasteiger partial charge in [-0.2, -0.15) is 0 Å². The third-order valence-electron chi connectivity index (χ3n) is 19.2. The number of hydrogen-bond acceptors (Lipinski definition) is 14. The van der Waals surface area contributed by atoms with E-state index in [4.69, 9.17) is 32.3 Å². The van der Waals surface area contributed by atoms with Gasteiger partial charge < -0.3 is 34.2 Å². The average Bonchev–Trinajstić information content (AvgIpc) is 0.885. The molecule has 0 heterocycles. The molecular weight excluding hydrogens is 1480 g/mol. The summed E-state index contributed by atoms with van der Waals surface area (Å²) in [6.45, 7) is 2.41. The van der Waals surface area contributed by atoms with E-state index in [0.717, 1.165) is 173 Å². The van der Waals surface area contributed by atoms with Gasteiger partial charge in [0.25, 0.3) is 0 Å². The van der Waals surface area contributed by atoms with Gasteiger partial charge in [-0.15, -0.1) is 0 Å². The lowest BCUT2D eigenvalue weighted by Crippen LogP contribution is -2.30. The number of phosphoric acid groups is 2. The van der Waals surface area contributed by atoms with Gasteiger partial charge in [-0.25, -0.2) is 9.13 Å². The minimum atomic E-state index is -4.94. The molecule has 0 rings (SSSR count). The number of rotatable bonds is 86. The van der Waals surface area contributed by atoms with Crippen molar-refractivity contribution in [2.75, 3.05) is 39.6 Å². The summed E-state index contributed by atoms with van der Waals surface area (Å²) in [5, 5.41) is 20.7. The second-order valence-corrected chi connectivity index (χ2v) is 33.2. The summed E-state index contributed by atoms with van der Waals surface area (Å²) in [5.74, 6) is -1.58. The predicted molar refractivity (Wildman–Crippen MR) is 482 cm³/mol. The normalized spacial score (nSPS) is 14.5. The Kier molecular flexibility index (Phi) is 84.7. The van der Waals surface area contributed by atoms with E-state index in [9.17, 15) is 43.5 Å². The first-order valence-electron chi connectivity index (χ1n) is 45.8. The van der Waals surface area contributed by atoms with E-state index < -0.39 is 91.5 Å². The maximum absolute atomic E-state index is 13.0. The maximum atomic E-state index is 13.0. The summed E-state index contributed by atoms with van der Waals surface area (Å²) in [5.41, 5.74) is 0. The van der Waals surface area contributed by atoms with Crippen LogP contribution >= 0.6 is 15.6 Å². The molecule has 0 aliphatic carbocycles. The van der Waals surface area contributed by atoms with Gasteiger partial charge in [0, 0.05) is 19.3 Å². The maximum Gasteiger partial charge on any atom is 0.472 e. The highest BCUT2D eigenvalue weighted by Crippen LogP contribution is 2.45. The van der Waals surface area contributed by atoms with Crippen LogP contribution in [0.3, 0.4) is 0 Å². The molecule has 0 fully saturated rings. The second kappa shape index (κ2) is 88.5. The molecule has 0 saturated carbocycles. The molecule has 5 atom stereocenters. The molecule has 0 spiro atoms. The van der Waals surface area contributed by atoms with Crippen LogP contribution in [0.2, 0.25) is 0 Å². The summed E-state index contributed by atoms with van der Waals surface area (Å²) in [4.78, 5) is 58.8. The van der Waals surface area contributed by atoms with Crippen LogP contribution in [0.1, 0.15) is 380 Å². The number of hydrogen-bond donors (Lipinski definition) is 4. The molecular formula is C97H166O16P2. The third kappa shape index (κ3) is 89.8. The molecule has 4 N–H and O–H groups in total. The molecule has 0 amide bonds. The van der Waals surface area contributed by atoms with Gasteiger partial charge in [-0.1, -0.05) is 378 Å². The van der Waals surface area contributed by atoms with E-state index in [1.54, 1.807) is 0 Å². The highest BCUT2D eigenvalue weighted by atomic mass is 31.2. The van der Waals surface area contributed by atoms with Crippen molar-refractivity contribution in [1.82, 2.24) is 0 Å². The van der Waals surface area contributed by atoms with Gasteiger partial charge in [0.05, 0.1) is 26.4 Å². The first kappa shape index (κ1) is 110. The number of carbonyl (C=O) groups excluding carboxylic acids is 3. The van der Waals surface area contributed by atoms with Crippen LogP contribution < -0.4 is 0 Å². The Morgan fingerprint density at radius 3 is 0.730 bits per heavy atom. The lowest BCUT2D eigenvalue weighted by atomic mass is 10.0. The monoisotopic (exact) mass is 1650 g/mol. The molecule has 0 aromatic carbocycles. The first-order chi connectivity index (χ1) is 56.2. The Balaban J connectivity index is 4.38. The number of aliphatic hydroxyl groups is 2. The van der Waals surface area contributed by atoms with Crippen LogP contribution in [-0.2, 0) is 55.8 Å². The molecule has 5 unspecified atom stereocenters. The summed E-state index contributed by atoms with van der Waals surface area (Å²) in [6.07, 6.45) is 113. The van der Waals surface area contributed by atoms with Crippen LogP contribution in [0.5, 0.6) is 0 Å². The van der Waals surface area contributed by atoms with Gasteiger partial charge in [0.15, 0.2) is 6.10 Å². The van der Waals surface area contributed by atoms with Crippen molar-refractivity contribution in [3.8, 4) is 0 Å². The van der Waals surface area contributed by atoms with Crippen LogP contribution in [0.15, 0.2) is 158 Å². The van der Waals surface area contributed by atoms with Crippen LogP contribution in [0.25, 0.3) is 0 Å². The number of ether oxygens (including phenoxy) is 3. The Labute approximate surface area is 701 Å². The largest absolute Gasteiger partial charge is 0.472 e. The zero-order valence-electron chi connectivity index (χ0n) is 72.7. The van der Waals surface area contributed by atoms with E-state index >= 15 is 0 Å². The molecule has 0 aromatic heterocycles. The van der Waals surface area contributed by atoms with E-state index in [-0.39, 0.29) is 19.3 Å². The Bertz CT molecular complexity index is 2720. The third-order valence-corrected chi connectivity index (χ3v) is 21.1. The lowest BCUT2D eigenvalue weighted by Gasteiger charge is -2.21. The van der Waals surface area contributed by atoms with E-state index in [2.05, 4.69) is 179 Å². The highest BCUT2D eigenvalue weighted by molar-refractivity contribution is 7.47. The van der Waals surface area contributed by atoms with Gasteiger partial charge in [-0.05, 0) is 141 Å².